The molecular formula is C42H24N4O3S2. The van der Waals surface area contributed by atoms with Crippen molar-refractivity contribution in [2.75, 3.05) is 9.80 Å². The predicted octanol–water partition coefficient (Wildman–Crippen LogP) is 13.2. The Morgan fingerprint density at radius 3 is 1.29 bits per heavy atom. The van der Waals surface area contributed by atoms with E-state index >= 15 is 0 Å². The molecule has 0 aliphatic heterocycles. The highest BCUT2D eigenvalue weighted by Crippen LogP contribution is 2.43. The van der Waals surface area contributed by atoms with Crippen LogP contribution in [0.2, 0.25) is 0 Å². The van der Waals surface area contributed by atoms with Gasteiger partial charge in [-0.25, -0.2) is 9.97 Å². The lowest BCUT2D eigenvalue weighted by Crippen LogP contribution is -2.10. The van der Waals surface area contributed by atoms with Crippen LogP contribution in [-0.4, -0.2) is 9.97 Å². The van der Waals surface area contributed by atoms with Crippen LogP contribution in [0, 0.1) is 0 Å². The minimum absolute atomic E-state index is 0.728. The fraction of sp³-hybridized carbons (Fsp3) is 0. The molecule has 7 nitrogen and oxygen atoms in total. The summed E-state index contributed by atoms with van der Waals surface area (Å²) in [4.78, 5) is 14.2. The fourth-order valence-corrected chi connectivity index (χ4v) is 8.55. The first-order valence-electron chi connectivity index (χ1n) is 16.4. The molecule has 0 saturated heterocycles. The van der Waals surface area contributed by atoms with Crippen molar-refractivity contribution in [2.45, 2.75) is 0 Å². The molecule has 0 spiro atoms. The number of hydrogen-bond acceptors (Lipinski definition) is 9. The number of rotatable bonds is 6. The fourth-order valence-electron chi connectivity index (χ4n) is 7.04. The number of pyridine rings is 2. The molecular weight excluding hydrogens is 673 g/mol. The van der Waals surface area contributed by atoms with E-state index in [9.17, 15) is 0 Å². The summed E-state index contributed by atoms with van der Waals surface area (Å²) in [5.74, 6) is 1.49. The lowest BCUT2D eigenvalue weighted by molar-refractivity contribution is 0.668. The molecule has 0 aliphatic carbocycles. The smallest absolute Gasteiger partial charge is 0.141 e. The lowest BCUT2D eigenvalue weighted by atomic mass is 10.1. The van der Waals surface area contributed by atoms with Crippen molar-refractivity contribution in [3.63, 3.8) is 0 Å². The molecule has 0 saturated carbocycles. The Hall–Kier alpha value is -6.42. The molecule has 0 N–H and O–H groups in total. The highest BCUT2D eigenvalue weighted by molar-refractivity contribution is 7.14. The quantitative estimate of drug-likeness (QED) is 0.171. The second-order valence-electron chi connectivity index (χ2n) is 12.3. The number of para-hydroxylation sites is 2. The Labute approximate surface area is 297 Å². The summed E-state index contributed by atoms with van der Waals surface area (Å²) in [5.41, 5.74) is 6.75. The Bertz CT molecular complexity index is 2860. The average Bonchev–Trinajstić information content (AvgIpc) is 4.01. The molecule has 7 aromatic heterocycles. The van der Waals surface area contributed by atoms with Gasteiger partial charge in [-0.05, 0) is 71.4 Å². The van der Waals surface area contributed by atoms with Gasteiger partial charge in [0.25, 0.3) is 0 Å². The molecule has 0 radical (unpaired) electrons. The Morgan fingerprint density at radius 1 is 0.392 bits per heavy atom. The number of thiophene rings is 2. The Balaban J connectivity index is 1.02. The maximum atomic E-state index is 6.60. The van der Waals surface area contributed by atoms with Gasteiger partial charge >= 0.3 is 0 Å². The van der Waals surface area contributed by atoms with Crippen molar-refractivity contribution in [3.8, 4) is 0 Å². The summed E-state index contributed by atoms with van der Waals surface area (Å²) in [6.45, 7) is 0. The molecule has 11 rings (SSSR count). The maximum Gasteiger partial charge on any atom is 0.141 e. The average molecular weight is 697 g/mol. The van der Waals surface area contributed by atoms with Crippen LogP contribution >= 0.6 is 22.7 Å². The summed E-state index contributed by atoms with van der Waals surface area (Å²) in [6.07, 6.45) is 3.76. The van der Waals surface area contributed by atoms with Gasteiger partial charge in [0.1, 0.15) is 55.1 Å². The van der Waals surface area contributed by atoms with E-state index in [0.717, 1.165) is 98.8 Å². The number of hydrogen-bond donors (Lipinski definition) is 0. The van der Waals surface area contributed by atoms with E-state index < -0.39 is 0 Å². The second kappa shape index (κ2) is 11.0. The Kier molecular flexibility index (Phi) is 6.16. The first-order valence-corrected chi connectivity index (χ1v) is 18.2. The van der Waals surface area contributed by atoms with Crippen molar-refractivity contribution in [2.24, 2.45) is 0 Å². The van der Waals surface area contributed by atoms with E-state index in [0.29, 0.717) is 0 Å². The van der Waals surface area contributed by atoms with Gasteiger partial charge in [0, 0.05) is 69.0 Å². The molecule has 9 heteroatoms. The molecule has 0 amide bonds. The number of benzene rings is 4. The van der Waals surface area contributed by atoms with E-state index in [4.69, 9.17) is 23.2 Å². The minimum Gasteiger partial charge on any atom is -0.456 e. The largest absolute Gasteiger partial charge is 0.456 e. The van der Waals surface area contributed by atoms with Gasteiger partial charge in [-0.3, -0.25) is 9.80 Å². The summed E-state index contributed by atoms with van der Waals surface area (Å²) in [6, 6.07) is 41.2. The van der Waals surface area contributed by atoms with Gasteiger partial charge in [0.2, 0.25) is 0 Å². The molecule has 7 heterocycles. The van der Waals surface area contributed by atoms with Crippen LogP contribution in [0.4, 0.5) is 33.0 Å². The van der Waals surface area contributed by atoms with Crippen LogP contribution < -0.4 is 9.80 Å². The van der Waals surface area contributed by atoms with Crippen LogP contribution in [0.25, 0.3) is 65.8 Å². The van der Waals surface area contributed by atoms with Crippen molar-refractivity contribution < 1.29 is 13.3 Å². The van der Waals surface area contributed by atoms with Crippen LogP contribution in [0.3, 0.4) is 0 Å². The summed E-state index contributed by atoms with van der Waals surface area (Å²) >= 11 is 3.30. The van der Waals surface area contributed by atoms with E-state index in [-0.39, 0.29) is 0 Å². The van der Waals surface area contributed by atoms with Crippen LogP contribution in [0.15, 0.2) is 158 Å². The monoisotopic (exact) mass is 696 g/mol. The van der Waals surface area contributed by atoms with E-state index in [1.807, 2.05) is 73.1 Å². The lowest BCUT2D eigenvalue weighted by Gasteiger charge is -2.22. The number of fused-ring (bicyclic) bond motifs is 9. The van der Waals surface area contributed by atoms with Gasteiger partial charge in [-0.1, -0.05) is 36.4 Å². The zero-order valence-corrected chi connectivity index (χ0v) is 28.3. The molecule has 51 heavy (non-hydrogen) atoms. The molecule has 242 valence electrons. The number of furan rings is 3. The normalized spacial score (nSPS) is 11.9. The first kappa shape index (κ1) is 28.4. The second-order valence-corrected chi connectivity index (χ2v) is 14.2. The van der Waals surface area contributed by atoms with E-state index in [2.05, 4.69) is 81.2 Å². The molecule has 0 atom stereocenters. The molecule has 0 aliphatic rings. The highest BCUT2D eigenvalue weighted by atomic mass is 32.1. The van der Waals surface area contributed by atoms with Crippen molar-refractivity contribution >= 4 is 122 Å². The van der Waals surface area contributed by atoms with Crippen LogP contribution in [-0.2, 0) is 0 Å². The van der Waals surface area contributed by atoms with Crippen molar-refractivity contribution in [1.82, 2.24) is 9.97 Å². The maximum absolute atomic E-state index is 6.60. The van der Waals surface area contributed by atoms with E-state index in [1.54, 1.807) is 22.7 Å². The molecule has 0 unspecified atom stereocenters. The number of nitrogens with zero attached hydrogens (tertiary/aromatic N) is 4. The third-order valence-corrected chi connectivity index (χ3v) is 11.1. The van der Waals surface area contributed by atoms with Gasteiger partial charge in [-0.2, -0.15) is 0 Å². The van der Waals surface area contributed by atoms with Gasteiger partial charge in [0.05, 0.1) is 11.4 Å². The zero-order chi connectivity index (χ0) is 33.5. The highest BCUT2D eigenvalue weighted by Gasteiger charge is 2.22. The Morgan fingerprint density at radius 2 is 0.824 bits per heavy atom. The van der Waals surface area contributed by atoms with Crippen molar-refractivity contribution in [3.05, 3.63) is 144 Å². The predicted molar refractivity (Wildman–Crippen MR) is 209 cm³/mol. The molecule has 0 fully saturated rings. The number of aromatic nitrogens is 2. The summed E-state index contributed by atoms with van der Waals surface area (Å²) in [7, 11) is 0. The van der Waals surface area contributed by atoms with Crippen molar-refractivity contribution in [1.29, 1.82) is 0 Å². The standard InChI is InChI=1S/C42H24N4O3S2/c1-3-9-33-27(7-1)29-15-13-25(19-35(29)47-33)45(41-11-5-17-50-41)39-21-37-31(23-43-39)32-24-44-40(22-38(32)49-37)46(42-12-6-18-51-42)26-14-16-30-28-8-2-4-10-34(28)48-36(30)20-26/h1-24H. The third kappa shape index (κ3) is 4.49. The first-order chi connectivity index (χ1) is 25.2. The summed E-state index contributed by atoms with van der Waals surface area (Å²) < 4.78 is 19.1. The topological polar surface area (TPSA) is 71.7 Å². The molecule has 0 bridgehead atoms. The summed E-state index contributed by atoms with van der Waals surface area (Å²) in [5, 5.41) is 12.4. The third-order valence-electron chi connectivity index (χ3n) is 9.37. The van der Waals surface area contributed by atoms with Gasteiger partial charge in [0.15, 0.2) is 0 Å². The zero-order valence-electron chi connectivity index (χ0n) is 26.7. The minimum atomic E-state index is 0.728. The molecule has 11 aromatic rings. The number of anilines is 6. The van der Waals surface area contributed by atoms with Crippen LogP contribution in [0.1, 0.15) is 0 Å². The molecule has 4 aromatic carbocycles. The van der Waals surface area contributed by atoms with Gasteiger partial charge < -0.3 is 13.3 Å². The van der Waals surface area contributed by atoms with Gasteiger partial charge in [-0.15, -0.1) is 22.7 Å². The SMILES string of the molecule is c1csc(N(c2ccc3c(c2)oc2ccccc23)c2cc3oc4cc(N(c5ccc6c(c5)oc5ccccc56)c5cccs5)ncc4c3cn2)c1. The van der Waals surface area contributed by atoms with E-state index in [1.165, 1.54) is 0 Å². The van der Waals surface area contributed by atoms with Crippen LogP contribution in [0.5, 0.6) is 0 Å².